The molecule has 0 saturated carbocycles. The number of carbonyl (C=O) groups is 1. The molecule has 0 aliphatic heterocycles. The number of benzene rings is 1. The maximum absolute atomic E-state index is 13.3. The van der Waals surface area contributed by atoms with Gasteiger partial charge >= 0.3 is 0 Å². The molecule has 0 saturated heterocycles. The van der Waals surface area contributed by atoms with E-state index in [4.69, 9.17) is 0 Å². The zero-order chi connectivity index (χ0) is 14.7. The predicted molar refractivity (Wildman–Crippen MR) is 70.0 cm³/mol. The normalized spacial score (nSPS) is 11.9. The van der Waals surface area contributed by atoms with Gasteiger partial charge in [0.05, 0.1) is 6.04 Å². The van der Waals surface area contributed by atoms with Crippen molar-refractivity contribution in [2.75, 3.05) is 0 Å². The number of rotatable bonds is 4. The van der Waals surface area contributed by atoms with Crippen molar-refractivity contribution in [3.63, 3.8) is 0 Å². The Labute approximate surface area is 114 Å². The highest BCUT2D eigenvalue weighted by Crippen LogP contribution is 2.22. The van der Waals surface area contributed by atoms with Crippen LogP contribution in [0.5, 0.6) is 0 Å². The quantitative estimate of drug-likeness (QED) is 0.844. The van der Waals surface area contributed by atoms with Crippen LogP contribution in [-0.2, 0) is 0 Å². The van der Waals surface area contributed by atoms with Crippen LogP contribution >= 0.6 is 0 Å². The van der Waals surface area contributed by atoms with Gasteiger partial charge in [0.25, 0.3) is 5.91 Å². The zero-order valence-electron chi connectivity index (χ0n) is 10.8. The van der Waals surface area contributed by atoms with Gasteiger partial charge in [-0.2, -0.15) is 5.10 Å². The lowest BCUT2D eigenvalue weighted by Crippen LogP contribution is -2.29. The molecule has 6 heteroatoms. The second-order valence-corrected chi connectivity index (χ2v) is 4.40. The van der Waals surface area contributed by atoms with Crippen molar-refractivity contribution in [1.82, 2.24) is 15.5 Å². The Bertz CT molecular complexity index is 638. The molecule has 2 N–H and O–H groups in total. The number of hydrogen-bond acceptors (Lipinski definition) is 2. The minimum Gasteiger partial charge on any atom is -0.340 e. The Balaban J connectivity index is 2.25. The van der Waals surface area contributed by atoms with E-state index >= 15 is 0 Å². The summed E-state index contributed by atoms with van der Waals surface area (Å²) >= 11 is 0. The lowest BCUT2D eigenvalue weighted by atomic mass is 10.0. The monoisotopic (exact) mass is 277 g/mol. The number of aromatic nitrogens is 2. The van der Waals surface area contributed by atoms with Crippen molar-refractivity contribution in [2.24, 2.45) is 0 Å². The summed E-state index contributed by atoms with van der Waals surface area (Å²) in [6, 6.07) is 4.37. The number of nitrogens with zero attached hydrogens (tertiary/aromatic N) is 1. The van der Waals surface area contributed by atoms with Crippen LogP contribution < -0.4 is 5.32 Å². The fraction of sp³-hybridized carbons (Fsp3) is 0.143. The molecular weight excluding hydrogens is 264 g/mol. The third kappa shape index (κ3) is 2.90. The molecule has 1 atom stereocenters. The van der Waals surface area contributed by atoms with Gasteiger partial charge < -0.3 is 5.32 Å². The molecule has 20 heavy (non-hydrogen) atoms. The van der Waals surface area contributed by atoms with Gasteiger partial charge in [0.1, 0.15) is 5.69 Å². The molecule has 1 aromatic heterocycles. The van der Waals surface area contributed by atoms with E-state index in [-0.39, 0.29) is 5.69 Å². The summed E-state index contributed by atoms with van der Waals surface area (Å²) in [5.41, 5.74) is 1.30. The minimum absolute atomic E-state index is 0.277. The zero-order valence-corrected chi connectivity index (χ0v) is 10.8. The molecule has 0 spiro atoms. The molecule has 0 radical (unpaired) electrons. The van der Waals surface area contributed by atoms with E-state index in [9.17, 15) is 13.6 Å². The van der Waals surface area contributed by atoms with Crippen molar-refractivity contribution in [1.29, 1.82) is 0 Å². The molecule has 1 aromatic carbocycles. The number of amides is 1. The molecule has 2 aromatic rings. The predicted octanol–water partition coefficient (Wildman–Crippen LogP) is 2.74. The second-order valence-electron chi connectivity index (χ2n) is 4.40. The molecule has 1 amide bonds. The van der Waals surface area contributed by atoms with Crippen LogP contribution in [0.2, 0.25) is 0 Å². The standard InChI is InChI=1S/C14H13F2N3O/c1-8(2)13(9-3-4-10(15)11(16)7-9)18-14(20)12-5-6-17-19-12/h3-7,13H,1H2,2H3,(H,17,19)(H,18,20)/t13-/m1/s1. The summed E-state index contributed by atoms with van der Waals surface area (Å²) in [5, 5.41) is 8.89. The van der Waals surface area contributed by atoms with Gasteiger partial charge in [-0.05, 0) is 30.7 Å². The molecule has 2 rings (SSSR count). The van der Waals surface area contributed by atoms with E-state index in [2.05, 4.69) is 22.1 Å². The molecule has 0 aliphatic carbocycles. The third-order valence-electron chi connectivity index (χ3n) is 2.79. The highest BCUT2D eigenvalue weighted by atomic mass is 19.2. The van der Waals surface area contributed by atoms with Crippen LogP contribution in [0.1, 0.15) is 29.0 Å². The van der Waals surface area contributed by atoms with Gasteiger partial charge in [-0.25, -0.2) is 8.78 Å². The summed E-state index contributed by atoms with van der Waals surface area (Å²) in [6.07, 6.45) is 1.45. The Kier molecular flexibility index (Phi) is 3.93. The molecule has 0 fully saturated rings. The fourth-order valence-corrected chi connectivity index (χ4v) is 1.77. The maximum atomic E-state index is 13.3. The van der Waals surface area contributed by atoms with Crippen LogP contribution in [0, 0.1) is 11.6 Å². The molecule has 0 bridgehead atoms. The van der Waals surface area contributed by atoms with Gasteiger partial charge in [0.2, 0.25) is 0 Å². The summed E-state index contributed by atoms with van der Waals surface area (Å²) in [7, 11) is 0. The van der Waals surface area contributed by atoms with Crippen molar-refractivity contribution < 1.29 is 13.6 Å². The highest BCUT2D eigenvalue weighted by Gasteiger charge is 2.18. The van der Waals surface area contributed by atoms with Gasteiger partial charge in [-0.3, -0.25) is 9.89 Å². The summed E-state index contributed by atoms with van der Waals surface area (Å²) in [5.74, 6) is -2.31. The fourth-order valence-electron chi connectivity index (χ4n) is 1.77. The van der Waals surface area contributed by atoms with Crippen LogP contribution in [0.4, 0.5) is 8.78 Å². The van der Waals surface area contributed by atoms with E-state index in [0.29, 0.717) is 11.1 Å². The summed E-state index contributed by atoms with van der Waals surface area (Å²) in [4.78, 5) is 12.0. The first-order valence-electron chi connectivity index (χ1n) is 5.89. The van der Waals surface area contributed by atoms with E-state index in [0.717, 1.165) is 12.1 Å². The Morgan fingerprint density at radius 2 is 2.10 bits per heavy atom. The van der Waals surface area contributed by atoms with E-state index in [1.165, 1.54) is 18.3 Å². The Morgan fingerprint density at radius 1 is 1.35 bits per heavy atom. The lowest BCUT2D eigenvalue weighted by molar-refractivity contribution is 0.0937. The van der Waals surface area contributed by atoms with Crippen LogP contribution in [-0.4, -0.2) is 16.1 Å². The van der Waals surface area contributed by atoms with Gasteiger partial charge in [0, 0.05) is 6.20 Å². The Morgan fingerprint density at radius 3 is 2.65 bits per heavy atom. The van der Waals surface area contributed by atoms with Crippen molar-refractivity contribution in [2.45, 2.75) is 13.0 Å². The SMILES string of the molecule is C=C(C)[C@@H](NC(=O)c1ccn[nH]1)c1ccc(F)c(F)c1. The molecule has 1 heterocycles. The Hall–Kier alpha value is -2.50. The first-order valence-corrected chi connectivity index (χ1v) is 5.89. The molecule has 4 nitrogen and oxygen atoms in total. The van der Waals surface area contributed by atoms with Crippen molar-refractivity contribution in [3.8, 4) is 0 Å². The van der Waals surface area contributed by atoms with Crippen molar-refractivity contribution in [3.05, 3.63) is 65.5 Å². The largest absolute Gasteiger partial charge is 0.340 e. The topological polar surface area (TPSA) is 57.8 Å². The van der Waals surface area contributed by atoms with Gasteiger partial charge in [0.15, 0.2) is 11.6 Å². The highest BCUT2D eigenvalue weighted by molar-refractivity contribution is 5.92. The first-order chi connectivity index (χ1) is 9.49. The van der Waals surface area contributed by atoms with E-state index < -0.39 is 23.6 Å². The number of H-pyrrole nitrogens is 1. The number of halogens is 2. The average Bonchev–Trinajstić information content (AvgIpc) is 2.93. The first kappa shape index (κ1) is 13.9. The van der Waals surface area contributed by atoms with Gasteiger partial charge in [-0.1, -0.05) is 18.2 Å². The number of hydrogen-bond donors (Lipinski definition) is 2. The minimum atomic E-state index is -0.968. The maximum Gasteiger partial charge on any atom is 0.270 e. The van der Waals surface area contributed by atoms with Crippen molar-refractivity contribution >= 4 is 5.91 Å². The van der Waals surface area contributed by atoms with Crippen LogP contribution in [0.3, 0.4) is 0 Å². The van der Waals surface area contributed by atoms with E-state index in [1.54, 1.807) is 6.92 Å². The smallest absolute Gasteiger partial charge is 0.270 e. The lowest BCUT2D eigenvalue weighted by Gasteiger charge is -2.19. The number of carbonyl (C=O) groups excluding carboxylic acids is 1. The molecular formula is C14H13F2N3O. The van der Waals surface area contributed by atoms with Crippen LogP contribution in [0.15, 0.2) is 42.6 Å². The second kappa shape index (κ2) is 5.64. The summed E-state index contributed by atoms with van der Waals surface area (Å²) < 4.78 is 26.2. The number of nitrogens with one attached hydrogen (secondary N) is 2. The average molecular weight is 277 g/mol. The molecule has 104 valence electrons. The summed E-state index contributed by atoms with van der Waals surface area (Å²) in [6.45, 7) is 5.46. The van der Waals surface area contributed by atoms with E-state index in [1.807, 2.05) is 0 Å². The molecule has 0 unspecified atom stereocenters. The number of aromatic amines is 1. The van der Waals surface area contributed by atoms with Gasteiger partial charge in [-0.15, -0.1) is 0 Å². The third-order valence-corrected chi connectivity index (χ3v) is 2.79. The van der Waals surface area contributed by atoms with Crippen LogP contribution in [0.25, 0.3) is 0 Å². The molecule has 0 aliphatic rings.